The molecule has 6 heteroatoms. The number of hydrogen-bond donors (Lipinski definition) is 0. The number of ether oxygens (including phenoxy) is 2. The number of aryl methyl sites for hydroxylation is 1. The molecule has 1 aromatic heterocycles. The first-order chi connectivity index (χ1) is 13.5. The lowest BCUT2D eigenvalue weighted by molar-refractivity contribution is 0.0925. The molecular weight excluding hydrogens is 354 g/mol. The molecule has 152 valence electrons. The minimum atomic E-state index is 0.201. The van der Waals surface area contributed by atoms with Crippen LogP contribution in [0.1, 0.15) is 21.7 Å². The van der Waals surface area contributed by atoms with Crippen LogP contribution < -0.4 is 9.64 Å². The number of benzene rings is 1. The monoisotopic (exact) mass is 385 g/mol. The smallest absolute Gasteiger partial charge is 0.178 e. The van der Waals surface area contributed by atoms with Crippen molar-refractivity contribution in [2.75, 3.05) is 58.5 Å². The van der Waals surface area contributed by atoms with Crippen molar-refractivity contribution in [3.8, 4) is 5.75 Å². The highest BCUT2D eigenvalue weighted by molar-refractivity contribution is 5.99. The molecule has 0 unspecified atom stereocenters. The van der Waals surface area contributed by atoms with Gasteiger partial charge >= 0.3 is 0 Å². The lowest BCUT2D eigenvalue weighted by atomic mass is 10.1. The first-order valence-electron chi connectivity index (χ1n) is 9.83. The van der Waals surface area contributed by atoms with Crippen LogP contribution >= 0.6 is 0 Å². The van der Waals surface area contributed by atoms with E-state index in [9.17, 15) is 4.79 Å². The Labute approximate surface area is 167 Å². The van der Waals surface area contributed by atoms with Crippen molar-refractivity contribution >= 4 is 11.5 Å². The second-order valence-corrected chi connectivity index (χ2v) is 7.32. The van der Waals surface area contributed by atoms with E-state index < -0.39 is 0 Å². The second kappa shape index (κ2) is 9.26. The van der Waals surface area contributed by atoms with Crippen LogP contribution in [0.5, 0.6) is 5.75 Å². The van der Waals surface area contributed by atoms with Gasteiger partial charge in [-0.3, -0.25) is 9.69 Å². The van der Waals surface area contributed by atoms with E-state index in [1.807, 2.05) is 32.0 Å². The molecule has 28 heavy (non-hydrogen) atoms. The van der Waals surface area contributed by atoms with Gasteiger partial charge in [0.25, 0.3) is 0 Å². The Bertz CT molecular complexity index is 807. The molecule has 6 nitrogen and oxygen atoms in total. The fraction of sp³-hybridized carbons (Fsp3) is 0.500. The molecule has 1 aromatic carbocycles. The molecule has 0 bridgehead atoms. The minimum Gasteiger partial charge on any atom is -0.497 e. The van der Waals surface area contributed by atoms with Crippen molar-refractivity contribution in [1.29, 1.82) is 0 Å². The highest BCUT2D eigenvalue weighted by atomic mass is 16.5. The Hall–Kier alpha value is -2.31. The van der Waals surface area contributed by atoms with E-state index in [2.05, 4.69) is 26.5 Å². The standard InChI is InChI=1S/C22H31N3O3/c1-17-14-21(18(2)25(17)12-13-27-3)22(26)16-23-8-10-24(11-9-23)19-6-5-7-20(15-19)28-4/h5-7,14-15H,8-13,16H2,1-4H3. The number of anilines is 1. The first kappa shape index (κ1) is 20.4. The number of rotatable bonds is 8. The predicted molar refractivity (Wildman–Crippen MR) is 112 cm³/mol. The average molecular weight is 386 g/mol. The molecule has 1 saturated heterocycles. The highest BCUT2D eigenvalue weighted by Crippen LogP contribution is 2.22. The molecule has 2 heterocycles. The van der Waals surface area contributed by atoms with E-state index in [0.717, 1.165) is 55.4 Å². The fourth-order valence-electron chi connectivity index (χ4n) is 3.87. The highest BCUT2D eigenvalue weighted by Gasteiger charge is 2.22. The SMILES string of the molecule is COCCn1c(C)cc(C(=O)CN2CCN(c3cccc(OC)c3)CC2)c1C. The Balaban J connectivity index is 1.58. The summed E-state index contributed by atoms with van der Waals surface area (Å²) in [6.07, 6.45) is 0. The number of ketones is 1. The van der Waals surface area contributed by atoms with Crippen molar-refractivity contribution in [3.63, 3.8) is 0 Å². The van der Waals surface area contributed by atoms with Crippen LogP contribution in [0.2, 0.25) is 0 Å². The van der Waals surface area contributed by atoms with Crippen molar-refractivity contribution in [2.24, 2.45) is 0 Å². The van der Waals surface area contributed by atoms with Gasteiger partial charge in [0.15, 0.2) is 5.78 Å². The van der Waals surface area contributed by atoms with Gasteiger partial charge in [-0.1, -0.05) is 6.07 Å². The zero-order valence-corrected chi connectivity index (χ0v) is 17.4. The number of carbonyl (C=O) groups excluding carboxylic acids is 1. The topological polar surface area (TPSA) is 46.9 Å². The molecule has 0 amide bonds. The maximum Gasteiger partial charge on any atom is 0.178 e. The fourth-order valence-corrected chi connectivity index (χ4v) is 3.87. The summed E-state index contributed by atoms with van der Waals surface area (Å²) in [6, 6.07) is 10.2. The maximum atomic E-state index is 12.9. The van der Waals surface area contributed by atoms with Crippen molar-refractivity contribution in [1.82, 2.24) is 9.47 Å². The van der Waals surface area contributed by atoms with Crippen molar-refractivity contribution < 1.29 is 14.3 Å². The van der Waals surface area contributed by atoms with Crippen LogP contribution in [0.4, 0.5) is 5.69 Å². The second-order valence-electron chi connectivity index (χ2n) is 7.32. The summed E-state index contributed by atoms with van der Waals surface area (Å²) < 4.78 is 12.7. The van der Waals surface area contributed by atoms with E-state index in [0.29, 0.717) is 13.2 Å². The summed E-state index contributed by atoms with van der Waals surface area (Å²) in [4.78, 5) is 17.5. The zero-order chi connectivity index (χ0) is 20.1. The van der Waals surface area contributed by atoms with Gasteiger partial charge in [0, 0.05) is 68.5 Å². The number of methoxy groups -OCH3 is 2. The van der Waals surface area contributed by atoms with Crippen LogP contribution in [0.3, 0.4) is 0 Å². The number of carbonyl (C=O) groups is 1. The quantitative estimate of drug-likeness (QED) is 0.654. The van der Waals surface area contributed by atoms with Gasteiger partial charge in [-0.2, -0.15) is 0 Å². The van der Waals surface area contributed by atoms with E-state index in [1.165, 1.54) is 5.69 Å². The first-order valence-corrected chi connectivity index (χ1v) is 9.83. The van der Waals surface area contributed by atoms with Crippen LogP contribution in [0.15, 0.2) is 30.3 Å². The van der Waals surface area contributed by atoms with Crippen molar-refractivity contribution in [3.05, 3.63) is 47.3 Å². The summed E-state index contributed by atoms with van der Waals surface area (Å²) in [5.41, 5.74) is 4.16. The summed E-state index contributed by atoms with van der Waals surface area (Å²) >= 11 is 0. The largest absolute Gasteiger partial charge is 0.497 e. The molecule has 1 aliphatic rings. The zero-order valence-electron chi connectivity index (χ0n) is 17.4. The Morgan fingerprint density at radius 3 is 2.50 bits per heavy atom. The van der Waals surface area contributed by atoms with Gasteiger partial charge in [-0.25, -0.2) is 0 Å². The molecule has 0 radical (unpaired) electrons. The average Bonchev–Trinajstić information content (AvgIpc) is 3.00. The number of Topliss-reactive ketones (excluding diaryl/α,β-unsaturated/α-hetero) is 1. The molecule has 0 atom stereocenters. The van der Waals surface area contributed by atoms with Gasteiger partial charge in [-0.05, 0) is 32.0 Å². The normalized spacial score (nSPS) is 15.1. The lowest BCUT2D eigenvalue weighted by Gasteiger charge is -2.35. The lowest BCUT2D eigenvalue weighted by Crippen LogP contribution is -2.48. The Kier molecular flexibility index (Phi) is 6.75. The predicted octanol–water partition coefficient (Wildman–Crippen LogP) is 2.76. The number of hydrogen-bond acceptors (Lipinski definition) is 5. The van der Waals surface area contributed by atoms with E-state index in [4.69, 9.17) is 9.47 Å². The van der Waals surface area contributed by atoms with Crippen LogP contribution in [0, 0.1) is 13.8 Å². The summed E-state index contributed by atoms with van der Waals surface area (Å²) in [6.45, 7) is 9.55. The number of nitrogens with zero attached hydrogens (tertiary/aromatic N) is 3. The van der Waals surface area contributed by atoms with Gasteiger partial charge in [0.1, 0.15) is 5.75 Å². The Morgan fingerprint density at radius 2 is 1.82 bits per heavy atom. The molecule has 3 rings (SSSR count). The van der Waals surface area contributed by atoms with Gasteiger partial charge < -0.3 is 18.9 Å². The third-order valence-corrected chi connectivity index (χ3v) is 5.55. The number of piperazine rings is 1. The minimum absolute atomic E-state index is 0.201. The summed E-state index contributed by atoms with van der Waals surface area (Å²) in [5, 5.41) is 0. The van der Waals surface area contributed by atoms with Crippen LogP contribution in [-0.2, 0) is 11.3 Å². The summed E-state index contributed by atoms with van der Waals surface area (Å²) in [7, 11) is 3.39. The molecule has 1 fully saturated rings. The third kappa shape index (κ3) is 4.56. The molecule has 0 N–H and O–H groups in total. The summed E-state index contributed by atoms with van der Waals surface area (Å²) in [5.74, 6) is 1.07. The molecule has 2 aromatic rings. The maximum absolute atomic E-state index is 12.9. The van der Waals surface area contributed by atoms with Gasteiger partial charge in [0.2, 0.25) is 0 Å². The molecule has 0 spiro atoms. The third-order valence-electron chi connectivity index (χ3n) is 5.55. The number of aromatic nitrogens is 1. The molecule has 1 aliphatic heterocycles. The van der Waals surface area contributed by atoms with Gasteiger partial charge in [-0.15, -0.1) is 0 Å². The van der Waals surface area contributed by atoms with E-state index in [1.54, 1.807) is 14.2 Å². The molecular formula is C22H31N3O3. The van der Waals surface area contributed by atoms with E-state index >= 15 is 0 Å². The van der Waals surface area contributed by atoms with Crippen LogP contribution in [0.25, 0.3) is 0 Å². The van der Waals surface area contributed by atoms with Crippen LogP contribution in [-0.4, -0.2) is 68.8 Å². The van der Waals surface area contributed by atoms with Gasteiger partial charge in [0.05, 0.1) is 20.3 Å². The molecule has 0 aliphatic carbocycles. The Morgan fingerprint density at radius 1 is 1.07 bits per heavy atom. The molecule has 0 saturated carbocycles. The van der Waals surface area contributed by atoms with Crippen molar-refractivity contribution in [2.45, 2.75) is 20.4 Å². The van der Waals surface area contributed by atoms with E-state index in [-0.39, 0.29) is 5.78 Å².